The monoisotopic (exact) mass is 196 g/mol. The first-order chi connectivity index (χ1) is 6.56. The summed E-state index contributed by atoms with van der Waals surface area (Å²) in [4.78, 5) is 15.6. The van der Waals surface area contributed by atoms with Gasteiger partial charge in [-0.25, -0.2) is 0 Å². The lowest BCUT2D eigenvalue weighted by molar-refractivity contribution is -0.132. The van der Waals surface area contributed by atoms with Crippen molar-refractivity contribution in [2.24, 2.45) is 0 Å². The third-order valence-corrected chi connectivity index (χ3v) is 2.86. The van der Waals surface area contributed by atoms with Gasteiger partial charge in [0.25, 0.3) is 0 Å². The lowest BCUT2D eigenvalue weighted by Gasteiger charge is -2.41. The number of carbonyl (C=O) groups excluding carboxylic acids is 1. The van der Waals surface area contributed by atoms with E-state index in [1.165, 1.54) is 0 Å². The molecule has 0 aromatic heterocycles. The van der Waals surface area contributed by atoms with E-state index in [-0.39, 0.29) is 11.9 Å². The number of carbonyl (C=O) groups is 1. The summed E-state index contributed by atoms with van der Waals surface area (Å²) in [6, 6.07) is 0.732. The second kappa shape index (κ2) is 4.60. The maximum atomic E-state index is 11.3. The van der Waals surface area contributed by atoms with Crippen LogP contribution in [0.3, 0.4) is 0 Å². The molecule has 1 heterocycles. The average Bonchev–Trinajstić information content (AvgIpc) is 2.16. The molecule has 0 aromatic rings. The van der Waals surface area contributed by atoms with E-state index in [1.807, 2.05) is 11.0 Å². The van der Waals surface area contributed by atoms with E-state index in [1.54, 1.807) is 6.92 Å². The molecule has 0 saturated carbocycles. The number of hydrogen-bond donors (Lipinski definition) is 0. The molecule has 0 N–H and O–H groups in total. The Kier molecular flexibility index (Phi) is 3.69. The van der Waals surface area contributed by atoms with E-state index < -0.39 is 0 Å². The van der Waals surface area contributed by atoms with Crippen LogP contribution in [0, 0.1) is 0 Å². The van der Waals surface area contributed by atoms with Crippen molar-refractivity contribution < 1.29 is 4.79 Å². The molecule has 0 aliphatic carbocycles. The van der Waals surface area contributed by atoms with E-state index in [9.17, 15) is 4.79 Å². The Morgan fingerprint density at radius 2 is 2.14 bits per heavy atom. The Balaban J connectivity index is 2.63. The fourth-order valence-corrected chi connectivity index (χ4v) is 1.89. The normalized spacial score (nSPS) is 24.0. The van der Waals surface area contributed by atoms with E-state index in [0.717, 1.165) is 19.6 Å². The Morgan fingerprint density at radius 1 is 1.50 bits per heavy atom. The molecule has 1 aliphatic rings. The summed E-state index contributed by atoms with van der Waals surface area (Å²) in [5.74, 6) is 0.151. The van der Waals surface area contributed by atoms with Crippen LogP contribution < -0.4 is 0 Å². The molecule has 3 heteroatoms. The van der Waals surface area contributed by atoms with Gasteiger partial charge in [-0.15, -0.1) is 6.58 Å². The fraction of sp³-hybridized carbons (Fsp3) is 0.727. The van der Waals surface area contributed by atoms with E-state index in [0.29, 0.717) is 6.04 Å². The van der Waals surface area contributed by atoms with Gasteiger partial charge in [0.15, 0.2) is 0 Å². The standard InChI is InChI=1S/C11H20N2O/c1-5-11-8-12(9(2)3)6-7-13(11)10(4)14/h5,9,11H,1,6-8H2,2-4H3/t11-/m1/s1. The number of amides is 1. The molecule has 1 fully saturated rings. The van der Waals surface area contributed by atoms with Gasteiger partial charge < -0.3 is 4.90 Å². The molecule has 1 atom stereocenters. The summed E-state index contributed by atoms with van der Waals surface area (Å²) in [5, 5.41) is 0. The van der Waals surface area contributed by atoms with Crippen molar-refractivity contribution >= 4 is 5.91 Å². The molecule has 1 saturated heterocycles. The summed E-state index contributed by atoms with van der Waals surface area (Å²) in [7, 11) is 0. The van der Waals surface area contributed by atoms with Gasteiger partial charge in [0, 0.05) is 32.6 Å². The molecule has 0 bridgehead atoms. The van der Waals surface area contributed by atoms with Gasteiger partial charge >= 0.3 is 0 Å². The first kappa shape index (κ1) is 11.2. The quantitative estimate of drug-likeness (QED) is 0.618. The van der Waals surface area contributed by atoms with Crippen LogP contribution in [0.4, 0.5) is 0 Å². The molecular weight excluding hydrogens is 176 g/mol. The zero-order valence-electron chi connectivity index (χ0n) is 9.36. The summed E-state index contributed by atoms with van der Waals surface area (Å²) in [6.07, 6.45) is 1.87. The largest absolute Gasteiger partial charge is 0.334 e. The molecular formula is C11H20N2O. The number of piperazine rings is 1. The smallest absolute Gasteiger partial charge is 0.220 e. The predicted molar refractivity (Wildman–Crippen MR) is 58.1 cm³/mol. The minimum Gasteiger partial charge on any atom is -0.334 e. The zero-order valence-corrected chi connectivity index (χ0v) is 9.36. The molecule has 0 unspecified atom stereocenters. The van der Waals surface area contributed by atoms with Crippen LogP contribution in [0.1, 0.15) is 20.8 Å². The van der Waals surface area contributed by atoms with Crippen molar-refractivity contribution in [1.29, 1.82) is 0 Å². The summed E-state index contributed by atoms with van der Waals surface area (Å²) >= 11 is 0. The van der Waals surface area contributed by atoms with E-state index in [4.69, 9.17) is 0 Å². The topological polar surface area (TPSA) is 23.6 Å². The highest BCUT2D eigenvalue weighted by Gasteiger charge is 2.27. The first-order valence-corrected chi connectivity index (χ1v) is 5.20. The molecule has 0 radical (unpaired) electrons. The van der Waals surface area contributed by atoms with Gasteiger partial charge in [-0.1, -0.05) is 6.08 Å². The molecule has 0 aromatic carbocycles. The predicted octanol–water partition coefficient (Wildman–Crippen LogP) is 1.11. The van der Waals surface area contributed by atoms with Gasteiger partial charge in [0.2, 0.25) is 5.91 Å². The van der Waals surface area contributed by atoms with Crippen molar-refractivity contribution in [2.45, 2.75) is 32.9 Å². The Labute approximate surface area is 86.4 Å². The molecule has 1 rings (SSSR count). The second-order valence-corrected chi connectivity index (χ2v) is 4.10. The van der Waals surface area contributed by atoms with E-state index >= 15 is 0 Å². The van der Waals surface area contributed by atoms with Crippen molar-refractivity contribution in [3.05, 3.63) is 12.7 Å². The number of nitrogens with zero attached hydrogens (tertiary/aromatic N) is 2. The third kappa shape index (κ3) is 2.35. The lowest BCUT2D eigenvalue weighted by Crippen LogP contribution is -2.55. The third-order valence-electron chi connectivity index (χ3n) is 2.86. The average molecular weight is 196 g/mol. The highest BCUT2D eigenvalue weighted by atomic mass is 16.2. The fourth-order valence-electron chi connectivity index (χ4n) is 1.89. The maximum Gasteiger partial charge on any atom is 0.220 e. The van der Waals surface area contributed by atoms with Crippen LogP contribution in [0.25, 0.3) is 0 Å². The van der Waals surface area contributed by atoms with Gasteiger partial charge in [-0.05, 0) is 13.8 Å². The number of rotatable bonds is 2. The van der Waals surface area contributed by atoms with Crippen LogP contribution in [-0.4, -0.2) is 47.4 Å². The van der Waals surface area contributed by atoms with Gasteiger partial charge in [0.1, 0.15) is 0 Å². The Bertz CT molecular complexity index is 225. The molecule has 14 heavy (non-hydrogen) atoms. The maximum absolute atomic E-state index is 11.3. The molecule has 3 nitrogen and oxygen atoms in total. The molecule has 0 spiro atoms. The minimum absolute atomic E-state index is 0.151. The molecule has 80 valence electrons. The molecule has 1 amide bonds. The SMILES string of the molecule is C=C[C@@H]1CN(C(C)C)CCN1C(C)=O. The van der Waals surface area contributed by atoms with Crippen molar-refractivity contribution in [3.8, 4) is 0 Å². The van der Waals surface area contributed by atoms with Crippen LogP contribution >= 0.6 is 0 Å². The van der Waals surface area contributed by atoms with Gasteiger partial charge in [-0.2, -0.15) is 0 Å². The van der Waals surface area contributed by atoms with Gasteiger partial charge in [-0.3, -0.25) is 9.69 Å². The second-order valence-electron chi connectivity index (χ2n) is 4.10. The highest BCUT2D eigenvalue weighted by molar-refractivity contribution is 5.74. The Morgan fingerprint density at radius 3 is 2.57 bits per heavy atom. The summed E-state index contributed by atoms with van der Waals surface area (Å²) < 4.78 is 0. The van der Waals surface area contributed by atoms with Crippen molar-refractivity contribution in [2.75, 3.05) is 19.6 Å². The van der Waals surface area contributed by atoms with Crippen molar-refractivity contribution in [1.82, 2.24) is 9.80 Å². The van der Waals surface area contributed by atoms with Crippen molar-refractivity contribution in [3.63, 3.8) is 0 Å². The molecule has 1 aliphatic heterocycles. The number of hydrogen-bond acceptors (Lipinski definition) is 2. The Hall–Kier alpha value is -0.830. The van der Waals surface area contributed by atoms with Crippen LogP contribution in [0.5, 0.6) is 0 Å². The summed E-state index contributed by atoms with van der Waals surface area (Å²) in [6.45, 7) is 12.5. The van der Waals surface area contributed by atoms with Crippen LogP contribution in [-0.2, 0) is 4.79 Å². The minimum atomic E-state index is 0.151. The zero-order chi connectivity index (χ0) is 10.7. The van der Waals surface area contributed by atoms with Crippen LogP contribution in [0.2, 0.25) is 0 Å². The first-order valence-electron chi connectivity index (χ1n) is 5.20. The van der Waals surface area contributed by atoms with Crippen LogP contribution in [0.15, 0.2) is 12.7 Å². The lowest BCUT2D eigenvalue weighted by atomic mass is 10.1. The van der Waals surface area contributed by atoms with Gasteiger partial charge in [0.05, 0.1) is 6.04 Å². The highest BCUT2D eigenvalue weighted by Crippen LogP contribution is 2.13. The van der Waals surface area contributed by atoms with E-state index in [2.05, 4.69) is 25.3 Å². The summed E-state index contributed by atoms with van der Waals surface area (Å²) in [5.41, 5.74) is 0.